The molecule has 0 aliphatic heterocycles. The maximum atomic E-state index is 13.4. The smallest absolute Gasteiger partial charge is 0.363 e. The van der Waals surface area contributed by atoms with Gasteiger partial charge in [-0.3, -0.25) is 0 Å². The van der Waals surface area contributed by atoms with Crippen molar-refractivity contribution < 1.29 is 19.1 Å². The Bertz CT molecular complexity index is 1460. The van der Waals surface area contributed by atoms with E-state index in [1.54, 1.807) is 42.5 Å². The van der Waals surface area contributed by atoms with E-state index in [2.05, 4.69) is 4.98 Å². The van der Waals surface area contributed by atoms with E-state index in [-0.39, 0.29) is 16.9 Å². The summed E-state index contributed by atoms with van der Waals surface area (Å²) in [4.78, 5) is 30.6. The van der Waals surface area contributed by atoms with Crippen molar-refractivity contribution in [3.63, 3.8) is 0 Å². The standard InChI is InChI=1S/C27H23NO5/c1-15-8-7-9-19(14-15)24(29)22(23-27(31)32-21-11-6-5-10-20(21)28-23)26(30)33-25-17(3)12-16(2)13-18(25)4/h5-14,29H,1-4H3. The molecule has 0 unspecified atom stereocenters. The van der Waals surface area contributed by atoms with E-state index in [1.165, 1.54) is 0 Å². The Kier molecular flexibility index (Phi) is 5.84. The van der Waals surface area contributed by atoms with Crippen molar-refractivity contribution in [3.05, 3.63) is 105 Å². The number of carbonyl (C=O) groups excluding carboxylic acids is 1. The van der Waals surface area contributed by atoms with E-state index in [4.69, 9.17) is 9.15 Å². The number of esters is 1. The Balaban J connectivity index is 1.93. The molecular formula is C27H23NO5. The van der Waals surface area contributed by atoms with Crippen LogP contribution in [0, 0.1) is 27.7 Å². The largest absolute Gasteiger partial charge is 0.506 e. The maximum absolute atomic E-state index is 13.4. The van der Waals surface area contributed by atoms with Gasteiger partial charge >= 0.3 is 11.6 Å². The van der Waals surface area contributed by atoms with Crippen molar-refractivity contribution in [2.45, 2.75) is 27.7 Å². The van der Waals surface area contributed by atoms with Crippen LogP contribution < -0.4 is 10.4 Å². The molecule has 6 nitrogen and oxygen atoms in total. The summed E-state index contributed by atoms with van der Waals surface area (Å²) >= 11 is 0. The molecule has 0 fully saturated rings. The van der Waals surface area contributed by atoms with E-state index in [9.17, 15) is 14.7 Å². The zero-order valence-electron chi connectivity index (χ0n) is 18.8. The fourth-order valence-electron chi connectivity index (χ4n) is 3.82. The van der Waals surface area contributed by atoms with Crippen LogP contribution in [0.2, 0.25) is 0 Å². The quantitative estimate of drug-likeness (QED) is 0.196. The number of fused-ring (bicyclic) bond motifs is 1. The summed E-state index contributed by atoms with van der Waals surface area (Å²) in [6.45, 7) is 7.46. The summed E-state index contributed by atoms with van der Waals surface area (Å²) in [7, 11) is 0. The summed E-state index contributed by atoms with van der Waals surface area (Å²) in [6.07, 6.45) is 0. The van der Waals surface area contributed by atoms with Crippen LogP contribution in [0.5, 0.6) is 5.75 Å². The second kappa shape index (κ2) is 8.74. The average Bonchev–Trinajstić information content (AvgIpc) is 2.76. The highest BCUT2D eigenvalue weighted by Crippen LogP contribution is 2.29. The lowest BCUT2D eigenvalue weighted by atomic mass is 10.0. The minimum Gasteiger partial charge on any atom is -0.506 e. The number of rotatable bonds is 4. The van der Waals surface area contributed by atoms with Gasteiger partial charge in [-0.2, -0.15) is 0 Å². The molecular weight excluding hydrogens is 418 g/mol. The summed E-state index contributed by atoms with van der Waals surface area (Å²) in [5.74, 6) is -0.953. The molecule has 0 bridgehead atoms. The second-order valence-electron chi connectivity index (χ2n) is 8.03. The molecule has 3 aromatic carbocycles. The number of hydrogen-bond acceptors (Lipinski definition) is 6. The fourth-order valence-corrected chi connectivity index (χ4v) is 3.82. The van der Waals surface area contributed by atoms with E-state index < -0.39 is 17.4 Å². The zero-order valence-corrected chi connectivity index (χ0v) is 18.8. The van der Waals surface area contributed by atoms with Gasteiger partial charge in [0.05, 0.1) is 0 Å². The van der Waals surface area contributed by atoms with Crippen molar-refractivity contribution in [1.82, 2.24) is 4.98 Å². The van der Waals surface area contributed by atoms with Crippen LogP contribution in [0.3, 0.4) is 0 Å². The molecule has 6 heteroatoms. The summed E-state index contributed by atoms with van der Waals surface area (Å²) in [5, 5.41) is 11.1. The highest BCUT2D eigenvalue weighted by molar-refractivity contribution is 6.23. The SMILES string of the molecule is Cc1cccc(C(O)=C(C(=O)Oc2c(C)cc(C)cc2C)c2nc3ccccc3oc2=O)c1. The predicted octanol–water partition coefficient (Wildman–Crippen LogP) is 5.45. The molecule has 0 aliphatic carbocycles. The maximum Gasteiger partial charge on any atom is 0.363 e. The zero-order chi connectivity index (χ0) is 23.7. The van der Waals surface area contributed by atoms with Crippen LogP contribution >= 0.6 is 0 Å². The van der Waals surface area contributed by atoms with Crippen LogP contribution in [-0.4, -0.2) is 16.1 Å². The first-order valence-electron chi connectivity index (χ1n) is 10.4. The minimum absolute atomic E-state index is 0.277. The van der Waals surface area contributed by atoms with Crippen LogP contribution in [0.15, 0.2) is 69.9 Å². The van der Waals surface area contributed by atoms with Crippen molar-refractivity contribution in [2.24, 2.45) is 0 Å². The van der Waals surface area contributed by atoms with Crippen LogP contribution in [-0.2, 0) is 4.79 Å². The second-order valence-corrected chi connectivity index (χ2v) is 8.03. The third-order valence-corrected chi connectivity index (χ3v) is 5.26. The lowest BCUT2D eigenvalue weighted by Gasteiger charge is -2.14. The molecule has 0 aliphatic rings. The van der Waals surface area contributed by atoms with E-state index in [0.717, 1.165) is 22.3 Å². The van der Waals surface area contributed by atoms with Gasteiger partial charge in [0.25, 0.3) is 0 Å². The Morgan fingerprint density at radius 1 is 0.909 bits per heavy atom. The number of nitrogens with zero attached hydrogens (tertiary/aromatic N) is 1. The third kappa shape index (κ3) is 4.41. The molecule has 0 spiro atoms. The molecule has 1 heterocycles. The fraction of sp³-hybridized carbons (Fsp3) is 0.148. The molecule has 4 rings (SSSR count). The number of aliphatic hydroxyl groups is 1. The van der Waals surface area contributed by atoms with Gasteiger partial charge in [-0.05, 0) is 57.0 Å². The monoisotopic (exact) mass is 441 g/mol. The lowest BCUT2D eigenvalue weighted by molar-refractivity contribution is -0.128. The van der Waals surface area contributed by atoms with Gasteiger partial charge in [-0.25, -0.2) is 14.6 Å². The van der Waals surface area contributed by atoms with E-state index in [1.807, 2.05) is 45.9 Å². The average molecular weight is 441 g/mol. The molecule has 0 saturated carbocycles. The van der Waals surface area contributed by atoms with Gasteiger partial charge in [0.2, 0.25) is 0 Å². The number of aryl methyl sites for hydroxylation is 4. The van der Waals surface area contributed by atoms with Gasteiger partial charge < -0.3 is 14.3 Å². The lowest BCUT2D eigenvalue weighted by Crippen LogP contribution is -2.20. The molecule has 166 valence electrons. The van der Waals surface area contributed by atoms with Gasteiger partial charge in [0, 0.05) is 5.56 Å². The topological polar surface area (TPSA) is 89.6 Å². The number of benzene rings is 3. The van der Waals surface area contributed by atoms with Gasteiger partial charge in [-0.1, -0.05) is 53.6 Å². The third-order valence-electron chi connectivity index (χ3n) is 5.26. The first kappa shape index (κ1) is 22.0. The van der Waals surface area contributed by atoms with Gasteiger partial charge in [0.15, 0.2) is 11.3 Å². The number of aromatic nitrogens is 1. The van der Waals surface area contributed by atoms with Crippen LogP contribution in [0.25, 0.3) is 22.4 Å². The number of carbonyl (C=O) groups is 1. The molecule has 4 aromatic rings. The molecule has 1 N–H and O–H groups in total. The van der Waals surface area contributed by atoms with Gasteiger partial charge in [-0.15, -0.1) is 0 Å². The van der Waals surface area contributed by atoms with Crippen LogP contribution in [0.4, 0.5) is 0 Å². The number of hydrogen-bond donors (Lipinski definition) is 1. The highest BCUT2D eigenvalue weighted by Gasteiger charge is 2.27. The van der Waals surface area contributed by atoms with Crippen LogP contribution in [0.1, 0.15) is 33.5 Å². The number of ether oxygens (including phenoxy) is 1. The van der Waals surface area contributed by atoms with Crippen molar-refractivity contribution in [1.29, 1.82) is 0 Å². The number of para-hydroxylation sites is 2. The Morgan fingerprint density at radius 2 is 1.61 bits per heavy atom. The Labute approximate surface area is 190 Å². The molecule has 0 saturated heterocycles. The summed E-state index contributed by atoms with van der Waals surface area (Å²) in [6, 6.07) is 17.4. The normalized spacial score (nSPS) is 11.9. The minimum atomic E-state index is -0.904. The molecule has 33 heavy (non-hydrogen) atoms. The Morgan fingerprint density at radius 3 is 2.30 bits per heavy atom. The van der Waals surface area contributed by atoms with Crippen molar-refractivity contribution >= 4 is 28.4 Å². The van der Waals surface area contributed by atoms with E-state index >= 15 is 0 Å². The van der Waals surface area contributed by atoms with Crippen molar-refractivity contribution in [3.8, 4) is 5.75 Å². The Hall–Kier alpha value is -4.19. The first-order chi connectivity index (χ1) is 15.7. The first-order valence-corrected chi connectivity index (χ1v) is 10.4. The van der Waals surface area contributed by atoms with Crippen molar-refractivity contribution in [2.75, 3.05) is 0 Å². The molecule has 0 amide bonds. The summed E-state index contributed by atoms with van der Waals surface area (Å²) in [5.41, 5.74) is 2.89. The molecule has 0 radical (unpaired) electrons. The predicted molar refractivity (Wildman–Crippen MR) is 127 cm³/mol. The summed E-state index contributed by atoms with van der Waals surface area (Å²) < 4.78 is 11.1. The van der Waals surface area contributed by atoms with Gasteiger partial charge in [0.1, 0.15) is 22.6 Å². The molecule has 0 atom stereocenters. The number of aliphatic hydroxyl groups excluding tert-OH is 1. The highest BCUT2D eigenvalue weighted by atomic mass is 16.5. The molecule has 1 aromatic heterocycles. The van der Waals surface area contributed by atoms with E-state index in [0.29, 0.717) is 16.8 Å².